The number of aryl methyl sites for hydroxylation is 1. The van der Waals surface area contributed by atoms with Gasteiger partial charge in [-0.2, -0.15) is 0 Å². The molecule has 3 heterocycles. The number of halogens is 1. The molecule has 0 bridgehead atoms. The number of aromatic nitrogens is 2. The summed E-state index contributed by atoms with van der Waals surface area (Å²) in [5.41, 5.74) is 5.58. The maximum absolute atomic E-state index is 13.0. The first-order chi connectivity index (χ1) is 24.1. The van der Waals surface area contributed by atoms with Crippen LogP contribution in [0.15, 0.2) is 85.1 Å². The average molecular weight is 714 g/mol. The lowest BCUT2D eigenvalue weighted by atomic mass is 10.1. The molecule has 1 aliphatic heterocycles. The fraction of sp³-hybridized carbons (Fsp3) is 0.237. The highest BCUT2D eigenvalue weighted by Crippen LogP contribution is 2.31. The SMILES string of the molecule is CCc1ccc(CCOc2ccc(CC3SC(=O)NC3=O)cc2)nc1.COc1ccc2c(c1)c(CC(=O)O)c(C)n2C(=O)c1ccc(Cl)cc1. The Morgan fingerprint density at radius 1 is 0.980 bits per heavy atom. The lowest BCUT2D eigenvalue weighted by molar-refractivity contribution is -0.136. The van der Waals surface area contributed by atoms with Crippen molar-refractivity contribution in [2.75, 3.05) is 13.7 Å². The summed E-state index contributed by atoms with van der Waals surface area (Å²) in [7, 11) is 1.54. The molecule has 1 atom stereocenters. The number of aliphatic carboxylic acids is 1. The second-order valence-corrected chi connectivity index (χ2v) is 13.1. The summed E-state index contributed by atoms with van der Waals surface area (Å²) >= 11 is 6.94. The van der Waals surface area contributed by atoms with Crippen molar-refractivity contribution >= 4 is 57.3 Å². The van der Waals surface area contributed by atoms with Crippen molar-refractivity contribution in [2.45, 2.75) is 44.8 Å². The molecule has 3 aromatic carbocycles. The van der Waals surface area contributed by atoms with Crippen LogP contribution in [0.25, 0.3) is 10.9 Å². The minimum absolute atomic E-state index is 0.170. The number of hydrogen-bond acceptors (Lipinski definition) is 8. The average Bonchev–Trinajstić information content (AvgIpc) is 3.58. The molecular weight excluding hydrogens is 678 g/mol. The Labute approximate surface area is 298 Å². The molecule has 12 heteroatoms. The van der Waals surface area contributed by atoms with Gasteiger partial charge in [0.25, 0.3) is 11.1 Å². The molecule has 1 aliphatic rings. The number of benzene rings is 3. The van der Waals surface area contributed by atoms with Crippen molar-refractivity contribution in [3.8, 4) is 11.5 Å². The van der Waals surface area contributed by atoms with Gasteiger partial charge >= 0.3 is 5.97 Å². The summed E-state index contributed by atoms with van der Waals surface area (Å²) in [6.07, 6.45) is 4.02. The van der Waals surface area contributed by atoms with Gasteiger partial charge in [0.15, 0.2) is 0 Å². The van der Waals surface area contributed by atoms with Crippen molar-refractivity contribution in [2.24, 2.45) is 0 Å². The molecule has 2 aromatic heterocycles. The Bertz CT molecular complexity index is 2010. The summed E-state index contributed by atoms with van der Waals surface area (Å²) in [6.45, 7) is 4.42. The molecule has 0 spiro atoms. The first-order valence-electron chi connectivity index (χ1n) is 15.9. The summed E-state index contributed by atoms with van der Waals surface area (Å²) in [5.74, 6) is -0.00874. The molecule has 1 unspecified atom stereocenters. The minimum Gasteiger partial charge on any atom is -0.497 e. The van der Waals surface area contributed by atoms with Gasteiger partial charge in [0, 0.05) is 40.0 Å². The van der Waals surface area contributed by atoms with Crippen LogP contribution in [-0.2, 0) is 35.3 Å². The molecule has 2 N–H and O–H groups in total. The Hall–Kier alpha value is -5.13. The number of carboxylic acid groups (broad SMARTS) is 1. The van der Waals surface area contributed by atoms with Gasteiger partial charge in [-0.1, -0.05) is 48.5 Å². The summed E-state index contributed by atoms with van der Waals surface area (Å²) in [4.78, 5) is 51.4. The number of fused-ring (bicyclic) bond motifs is 1. The Morgan fingerprint density at radius 3 is 2.28 bits per heavy atom. The van der Waals surface area contributed by atoms with Gasteiger partial charge in [0.2, 0.25) is 5.91 Å². The van der Waals surface area contributed by atoms with E-state index in [4.69, 9.17) is 21.1 Å². The third-order valence-corrected chi connectivity index (χ3v) is 9.43. The predicted molar refractivity (Wildman–Crippen MR) is 194 cm³/mol. The Kier molecular flexibility index (Phi) is 11.9. The normalized spacial score (nSPS) is 13.8. The second-order valence-electron chi connectivity index (χ2n) is 11.5. The number of carbonyl (C=O) groups excluding carboxylic acids is 3. The highest BCUT2D eigenvalue weighted by Gasteiger charge is 2.31. The first kappa shape index (κ1) is 36.2. The molecule has 0 aliphatic carbocycles. The monoisotopic (exact) mass is 713 g/mol. The number of carboxylic acids is 1. The van der Waals surface area contributed by atoms with E-state index in [1.54, 1.807) is 56.5 Å². The molecule has 5 aromatic rings. The standard InChI is InChI=1S/C19H16ClNO4.C19H20N2O3S/c1-11-15(10-18(22)23)16-9-14(25-2)7-8-17(16)21(11)19(24)12-3-5-13(20)6-4-12;1-2-13-3-6-15(20-12-13)9-10-24-16-7-4-14(5-8-16)11-17-18(22)21-19(23)25-17/h3-9H,10H2,1-2H3,(H,22,23);3-8,12,17H,2,9-11H2,1H3,(H,21,22,23). The topological polar surface area (TPSA) is 137 Å². The van der Waals surface area contributed by atoms with Crippen LogP contribution in [0, 0.1) is 6.92 Å². The van der Waals surface area contributed by atoms with Crippen molar-refractivity contribution in [3.63, 3.8) is 0 Å². The van der Waals surface area contributed by atoms with Crippen LogP contribution in [0.5, 0.6) is 11.5 Å². The number of nitrogens with zero attached hydrogens (tertiary/aromatic N) is 2. The largest absolute Gasteiger partial charge is 0.497 e. The van der Waals surface area contributed by atoms with Crippen molar-refractivity contribution in [3.05, 3.63) is 124 Å². The molecule has 10 nitrogen and oxygen atoms in total. The van der Waals surface area contributed by atoms with Crippen LogP contribution in [-0.4, -0.2) is 56.6 Å². The summed E-state index contributed by atoms with van der Waals surface area (Å²) in [5, 5.41) is 12.2. The summed E-state index contributed by atoms with van der Waals surface area (Å²) < 4.78 is 12.5. The van der Waals surface area contributed by atoms with E-state index in [0.29, 0.717) is 51.5 Å². The number of imide groups is 1. The number of methoxy groups -OCH3 is 1. The maximum atomic E-state index is 13.0. The van der Waals surface area contributed by atoms with Gasteiger partial charge in [0.1, 0.15) is 11.5 Å². The van der Waals surface area contributed by atoms with Crippen LogP contribution < -0.4 is 14.8 Å². The van der Waals surface area contributed by atoms with Crippen LogP contribution in [0.2, 0.25) is 5.02 Å². The molecular formula is C38H36ClN3O7S. The fourth-order valence-corrected chi connectivity index (χ4v) is 6.48. The van der Waals surface area contributed by atoms with Gasteiger partial charge < -0.3 is 14.6 Å². The molecule has 1 saturated heterocycles. The van der Waals surface area contributed by atoms with Crippen molar-refractivity contribution in [1.29, 1.82) is 0 Å². The Morgan fingerprint density at radius 2 is 1.68 bits per heavy atom. The number of ether oxygens (including phenoxy) is 2. The highest BCUT2D eigenvalue weighted by molar-refractivity contribution is 8.15. The van der Waals surface area contributed by atoms with Crippen LogP contribution in [0.4, 0.5) is 4.79 Å². The molecule has 6 rings (SSSR count). The van der Waals surface area contributed by atoms with Gasteiger partial charge in [-0.15, -0.1) is 0 Å². The zero-order chi connectivity index (χ0) is 35.8. The van der Waals surface area contributed by atoms with E-state index >= 15 is 0 Å². The van der Waals surface area contributed by atoms with E-state index < -0.39 is 5.97 Å². The van der Waals surface area contributed by atoms with Crippen molar-refractivity contribution < 1.29 is 33.8 Å². The van der Waals surface area contributed by atoms with Crippen molar-refractivity contribution in [1.82, 2.24) is 14.9 Å². The molecule has 1 fully saturated rings. The maximum Gasteiger partial charge on any atom is 0.307 e. The number of thioether (sulfide) groups is 1. The van der Waals surface area contributed by atoms with Gasteiger partial charge in [-0.3, -0.25) is 34.0 Å². The number of nitrogens with one attached hydrogen (secondary N) is 1. The molecule has 258 valence electrons. The number of rotatable bonds is 11. The number of carbonyl (C=O) groups is 4. The van der Waals surface area contributed by atoms with E-state index in [2.05, 4.69) is 23.3 Å². The van der Waals surface area contributed by atoms with Gasteiger partial charge in [-0.05, 0) is 97.1 Å². The first-order valence-corrected chi connectivity index (χ1v) is 17.2. The van der Waals surface area contributed by atoms with E-state index in [1.807, 2.05) is 36.5 Å². The van der Waals surface area contributed by atoms with Gasteiger partial charge in [-0.25, -0.2) is 0 Å². The van der Waals surface area contributed by atoms with Crippen LogP contribution in [0.1, 0.15) is 45.4 Å². The quantitative estimate of drug-likeness (QED) is 0.147. The highest BCUT2D eigenvalue weighted by atomic mass is 35.5. The molecule has 0 saturated carbocycles. The van der Waals surface area contributed by atoms with Gasteiger partial charge in [0.05, 0.1) is 30.9 Å². The third-order valence-electron chi connectivity index (χ3n) is 8.20. The zero-order valence-electron chi connectivity index (χ0n) is 27.8. The van der Waals surface area contributed by atoms with Crippen LogP contribution in [0.3, 0.4) is 0 Å². The smallest absolute Gasteiger partial charge is 0.307 e. The van der Waals surface area contributed by atoms with E-state index in [9.17, 15) is 24.3 Å². The predicted octanol–water partition coefficient (Wildman–Crippen LogP) is 7.09. The lowest BCUT2D eigenvalue weighted by Gasteiger charge is -2.09. The molecule has 50 heavy (non-hydrogen) atoms. The minimum atomic E-state index is -0.955. The van der Waals surface area contributed by atoms with E-state index in [0.717, 1.165) is 41.6 Å². The van der Waals surface area contributed by atoms with Crippen LogP contribution >= 0.6 is 23.4 Å². The number of hydrogen-bond donors (Lipinski definition) is 2. The summed E-state index contributed by atoms with van der Waals surface area (Å²) in [6, 6.07) is 23.6. The number of amides is 2. The Balaban J connectivity index is 0.000000194. The zero-order valence-corrected chi connectivity index (χ0v) is 29.3. The second kappa shape index (κ2) is 16.5. The third kappa shape index (κ3) is 8.90. The molecule has 2 amide bonds. The number of pyridine rings is 1. The fourth-order valence-electron chi connectivity index (χ4n) is 5.50. The molecule has 0 radical (unpaired) electrons. The lowest BCUT2D eigenvalue weighted by Crippen LogP contribution is -2.25. The van der Waals surface area contributed by atoms with E-state index in [-0.39, 0.29) is 28.7 Å². The van der Waals surface area contributed by atoms with E-state index in [1.165, 1.54) is 10.1 Å².